The zero-order valence-corrected chi connectivity index (χ0v) is 16.1. The van der Waals surface area contributed by atoms with Crippen molar-refractivity contribution in [2.75, 3.05) is 13.2 Å². The molecular weight excluding hydrogens is 306 g/mol. The lowest BCUT2D eigenvalue weighted by Crippen LogP contribution is -2.45. The highest BCUT2D eigenvalue weighted by Crippen LogP contribution is 2.40. The molecule has 0 aliphatic heterocycles. The molecule has 5 heteroatoms. The van der Waals surface area contributed by atoms with Gasteiger partial charge < -0.3 is 9.47 Å². The Morgan fingerprint density at radius 2 is 1.71 bits per heavy atom. The Kier molecular flexibility index (Phi) is 10.3. The zero-order chi connectivity index (χ0) is 18.8. The quantitative estimate of drug-likeness (QED) is 0.418. The molecule has 0 fully saturated rings. The Morgan fingerprint density at radius 3 is 2.12 bits per heavy atom. The summed E-state index contributed by atoms with van der Waals surface area (Å²) in [4.78, 5) is 25.3. The Labute approximate surface area is 146 Å². The van der Waals surface area contributed by atoms with E-state index in [0.29, 0.717) is 6.42 Å². The van der Waals surface area contributed by atoms with Gasteiger partial charge in [-0.2, -0.15) is 5.26 Å². The molecule has 0 saturated heterocycles. The Bertz CT molecular complexity index is 439. The number of carbonyl (C=O) groups excluding carboxylic acids is 2. The largest absolute Gasteiger partial charge is 0.466 e. The minimum absolute atomic E-state index is 0.0764. The van der Waals surface area contributed by atoms with Gasteiger partial charge in [-0.3, -0.25) is 9.59 Å². The van der Waals surface area contributed by atoms with Gasteiger partial charge in [0.05, 0.1) is 25.2 Å². The molecule has 0 aliphatic carbocycles. The smallest absolute Gasteiger partial charge is 0.327 e. The van der Waals surface area contributed by atoms with E-state index in [0.717, 1.165) is 12.8 Å². The van der Waals surface area contributed by atoms with Crippen LogP contribution in [0.1, 0.15) is 67.2 Å². The molecule has 0 aromatic rings. The normalized spacial score (nSPS) is 14.8. The number of rotatable bonds is 11. The maximum absolute atomic E-state index is 12.8. The van der Waals surface area contributed by atoms with Gasteiger partial charge in [-0.15, -0.1) is 0 Å². The summed E-state index contributed by atoms with van der Waals surface area (Å²) in [6, 6.07) is 2.14. The zero-order valence-electron chi connectivity index (χ0n) is 16.1. The van der Waals surface area contributed by atoms with E-state index in [4.69, 9.17) is 9.47 Å². The maximum atomic E-state index is 12.8. The first-order valence-corrected chi connectivity index (χ1v) is 9.00. The van der Waals surface area contributed by atoms with Crippen molar-refractivity contribution in [3.05, 3.63) is 0 Å². The first-order valence-electron chi connectivity index (χ1n) is 9.00. The van der Waals surface area contributed by atoms with E-state index in [1.54, 1.807) is 6.92 Å². The van der Waals surface area contributed by atoms with Gasteiger partial charge in [-0.05, 0) is 38.0 Å². The predicted molar refractivity (Wildman–Crippen MR) is 92.9 cm³/mol. The standard InChI is InChI=1S/C19H33NO4/c1-7-9-10-24-18(22)19(13-20,12-15(5)6)16(11-14(3)4)17(21)23-8-2/h14-16H,7-12H2,1-6H3. The fraction of sp³-hybridized carbons (Fsp3) is 0.842. The van der Waals surface area contributed by atoms with Crippen molar-refractivity contribution >= 4 is 11.9 Å². The van der Waals surface area contributed by atoms with Gasteiger partial charge in [-0.25, -0.2) is 0 Å². The molecule has 2 unspecified atom stereocenters. The summed E-state index contributed by atoms with van der Waals surface area (Å²) >= 11 is 0. The number of unbranched alkanes of at least 4 members (excludes halogenated alkanes) is 1. The molecule has 138 valence electrons. The first kappa shape index (κ1) is 22.4. The van der Waals surface area contributed by atoms with Crippen molar-refractivity contribution in [3.63, 3.8) is 0 Å². The third-order valence-corrected chi connectivity index (χ3v) is 3.90. The van der Waals surface area contributed by atoms with Crippen LogP contribution < -0.4 is 0 Å². The van der Waals surface area contributed by atoms with Crippen LogP contribution in [0.2, 0.25) is 0 Å². The summed E-state index contributed by atoms with van der Waals surface area (Å²) in [5.74, 6) is -1.65. The second-order valence-corrected chi connectivity index (χ2v) is 7.10. The third kappa shape index (κ3) is 6.51. The van der Waals surface area contributed by atoms with Gasteiger partial charge in [0.15, 0.2) is 5.41 Å². The molecule has 0 bridgehead atoms. The number of carbonyl (C=O) groups is 2. The van der Waals surface area contributed by atoms with Gasteiger partial charge in [0.2, 0.25) is 0 Å². The lowest BCUT2D eigenvalue weighted by Gasteiger charge is -2.33. The molecule has 0 heterocycles. The Hall–Kier alpha value is -1.57. The molecule has 0 aromatic carbocycles. The summed E-state index contributed by atoms with van der Waals surface area (Å²) in [6.45, 7) is 12.0. The number of esters is 2. The molecule has 24 heavy (non-hydrogen) atoms. The summed E-state index contributed by atoms with van der Waals surface area (Å²) < 4.78 is 10.5. The van der Waals surface area contributed by atoms with Crippen LogP contribution in [0.3, 0.4) is 0 Å². The van der Waals surface area contributed by atoms with Gasteiger partial charge in [0.1, 0.15) is 0 Å². The molecule has 0 rings (SSSR count). The van der Waals surface area contributed by atoms with Crippen molar-refractivity contribution in [2.45, 2.75) is 67.2 Å². The first-order chi connectivity index (χ1) is 11.2. The minimum atomic E-state index is -1.49. The second-order valence-electron chi connectivity index (χ2n) is 7.10. The lowest BCUT2D eigenvalue weighted by molar-refractivity contribution is -0.167. The SMILES string of the molecule is CCCCOC(=O)C(C#N)(CC(C)C)C(CC(C)C)C(=O)OCC. The molecule has 0 aliphatic rings. The Morgan fingerprint density at radius 1 is 1.08 bits per heavy atom. The monoisotopic (exact) mass is 339 g/mol. The van der Waals surface area contributed by atoms with E-state index in [9.17, 15) is 14.9 Å². The van der Waals surface area contributed by atoms with E-state index in [1.165, 1.54) is 0 Å². The molecular formula is C19H33NO4. The summed E-state index contributed by atoms with van der Waals surface area (Å²) in [5.41, 5.74) is -1.49. The van der Waals surface area contributed by atoms with Crippen LogP contribution in [0.5, 0.6) is 0 Å². The number of nitriles is 1. The molecule has 0 amide bonds. The minimum Gasteiger partial charge on any atom is -0.466 e. The van der Waals surface area contributed by atoms with Crippen LogP contribution in [-0.4, -0.2) is 25.2 Å². The molecule has 0 saturated carbocycles. The highest BCUT2D eigenvalue weighted by Gasteiger charge is 2.52. The predicted octanol–water partition coefficient (Wildman–Crippen LogP) is 4.11. The van der Waals surface area contributed by atoms with Crippen LogP contribution in [0.15, 0.2) is 0 Å². The molecule has 0 aromatic heterocycles. The summed E-state index contributed by atoms with van der Waals surface area (Å²) in [7, 11) is 0. The average Bonchev–Trinajstić information content (AvgIpc) is 2.50. The molecule has 0 radical (unpaired) electrons. The third-order valence-electron chi connectivity index (χ3n) is 3.90. The van der Waals surface area contributed by atoms with Gasteiger partial charge in [0, 0.05) is 0 Å². The van der Waals surface area contributed by atoms with Crippen LogP contribution in [0.4, 0.5) is 0 Å². The fourth-order valence-electron chi connectivity index (χ4n) is 2.83. The van der Waals surface area contributed by atoms with Crippen molar-refractivity contribution in [3.8, 4) is 6.07 Å². The van der Waals surface area contributed by atoms with Crippen LogP contribution in [0, 0.1) is 34.5 Å². The fourth-order valence-corrected chi connectivity index (χ4v) is 2.83. The van der Waals surface area contributed by atoms with Gasteiger partial charge >= 0.3 is 11.9 Å². The van der Waals surface area contributed by atoms with Crippen LogP contribution >= 0.6 is 0 Å². The van der Waals surface area contributed by atoms with Crippen LogP contribution in [0.25, 0.3) is 0 Å². The molecule has 5 nitrogen and oxygen atoms in total. The van der Waals surface area contributed by atoms with E-state index in [1.807, 2.05) is 34.6 Å². The highest BCUT2D eigenvalue weighted by molar-refractivity contribution is 5.88. The van der Waals surface area contributed by atoms with Gasteiger partial charge in [0.25, 0.3) is 0 Å². The van der Waals surface area contributed by atoms with E-state index in [2.05, 4.69) is 6.07 Å². The number of ether oxygens (including phenoxy) is 2. The summed E-state index contributed by atoms with van der Waals surface area (Å²) in [5, 5.41) is 9.89. The second kappa shape index (κ2) is 11.1. The average molecular weight is 339 g/mol. The lowest BCUT2D eigenvalue weighted by atomic mass is 9.68. The van der Waals surface area contributed by atoms with Crippen molar-refractivity contribution in [1.29, 1.82) is 5.26 Å². The number of hydrogen-bond donors (Lipinski definition) is 0. The molecule has 2 atom stereocenters. The van der Waals surface area contributed by atoms with E-state index >= 15 is 0 Å². The van der Waals surface area contributed by atoms with Crippen molar-refractivity contribution in [2.24, 2.45) is 23.2 Å². The van der Waals surface area contributed by atoms with E-state index < -0.39 is 23.3 Å². The highest BCUT2D eigenvalue weighted by atomic mass is 16.5. The van der Waals surface area contributed by atoms with Crippen LogP contribution in [-0.2, 0) is 19.1 Å². The topological polar surface area (TPSA) is 76.4 Å². The number of hydrogen-bond acceptors (Lipinski definition) is 5. The van der Waals surface area contributed by atoms with Crippen molar-refractivity contribution < 1.29 is 19.1 Å². The maximum Gasteiger partial charge on any atom is 0.327 e. The van der Waals surface area contributed by atoms with E-state index in [-0.39, 0.29) is 31.5 Å². The Balaban J connectivity index is 5.76. The molecule has 0 N–H and O–H groups in total. The van der Waals surface area contributed by atoms with Crippen molar-refractivity contribution in [1.82, 2.24) is 0 Å². The van der Waals surface area contributed by atoms with Gasteiger partial charge in [-0.1, -0.05) is 41.0 Å². The summed E-state index contributed by atoms with van der Waals surface area (Å²) in [6.07, 6.45) is 2.33. The molecule has 0 spiro atoms. The number of nitrogens with zero attached hydrogens (tertiary/aromatic N) is 1.